The smallest absolute Gasteiger partial charge is 0.356 e. The topological polar surface area (TPSA) is 54.4 Å². The van der Waals surface area contributed by atoms with Crippen LogP contribution >= 0.6 is 7.80 Å². The highest BCUT2D eigenvalue weighted by atomic mass is 31.1. The third kappa shape index (κ3) is 3.38. The lowest BCUT2D eigenvalue weighted by atomic mass is 9.97. The summed E-state index contributed by atoms with van der Waals surface area (Å²) < 4.78 is 11.9. The first-order valence-electron chi connectivity index (χ1n) is 5.19. The Kier molecular flexibility index (Phi) is 5.94. The minimum atomic E-state index is -1.62. The molecule has 0 rings (SSSR count). The number of aliphatic carboxylic acids is 1. The summed E-state index contributed by atoms with van der Waals surface area (Å²) >= 11 is 0. The van der Waals surface area contributed by atoms with Crippen LogP contribution in [-0.4, -0.2) is 22.4 Å². The summed E-state index contributed by atoms with van der Waals surface area (Å²) in [6.07, 6.45) is 3.25. The molecule has 0 heterocycles. The molecule has 0 aliphatic rings. The summed E-state index contributed by atoms with van der Waals surface area (Å²) in [6.45, 7) is 6.03. The molecule has 1 N–H and O–H groups in total. The fourth-order valence-electron chi connectivity index (χ4n) is 1.84. The number of carboxylic acids is 1. The van der Waals surface area contributed by atoms with Crippen molar-refractivity contribution in [1.82, 2.24) is 0 Å². The zero-order valence-corrected chi connectivity index (χ0v) is 10.1. The first-order chi connectivity index (χ1) is 6.52. The highest BCUT2D eigenvalue weighted by Crippen LogP contribution is 2.47. The van der Waals surface area contributed by atoms with Gasteiger partial charge in [-0.2, -0.15) is 0 Å². The number of hydrogen-bond donors (Lipinski definition) is 1. The molecule has 0 spiro atoms. The van der Waals surface area contributed by atoms with E-state index in [1.165, 1.54) is 0 Å². The second kappa shape index (κ2) is 6.13. The van der Waals surface area contributed by atoms with Gasteiger partial charge < -0.3 is 5.11 Å². The highest BCUT2D eigenvalue weighted by Gasteiger charge is 2.45. The Morgan fingerprint density at radius 2 is 1.79 bits per heavy atom. The first kappa shape index (κ1) is 13.6. The van der Waals surface area contributed by atoms with Crippen LogP contribution in [0, 0.1) is 0 Å². The summed E-state index contributed by atoms with van der Waals surface area (Å²) in [5.74, 6) is -0.950. The molecule has 14 heavy (non-hydrogen) atoms. The van der Waals surface area contributed by atoms with E-state index in [1.54, 1.807) is 0 Å². The van der Waals surface area contributed by atoms with Gasteiger partial charge in [0.05, 0.1) is 0 Å². The van der Waals surface area contributed by atoms with Crippen molar-refractivity contribution in [3.8, 4) is 0 Å². The van der Waals surface area contributed by atoms with Crippen LogP contribution in [0.4, 0.5) is 0 Å². The fraction of sp³-hybridized carbons (Fsp3) is 0.900. The van der Waals surface area contributed by atoms with Crippen molar-refractivity contribution >= 4 is 13.8 Å². The van der Waals surface area contributed by atoms with Crippen LogP contribution in [0.3, 0.4) is 0 Å². The van der Waals surface area contributed by atoms with Gasteiger partial charge in [0.25, 0.3) is 0 Å². The summed E-state index contributed by atoms with van der Waals surface area (Å²) in [4.78, 5) is 10.5. The predicted octanol–water partition coefficient (Wildman–Crippen LogP) is 3.26. The van der Waals surface area contributed by atoms with E-state index in [9.17, 15) is 9.36 Å². The Bertz CT molecular complexity index is 209. The van der Waals surface area contributed by atoms with Gasteiger partial charge in [-0.3, -0.25) is 0 Å². The lowest BCUT2D eigenvalue weighted by Crippen LogP contribution is -2.24. The average molecular weight is 219 g/mol. The van der Waals surface area contributed by atoms with Gasteiger partial charge in [-0.15, -0.1) is 0 Å². The number of carboxylic acid groups (broad SMARTS) is 1. The minimum absolute atomic E-state index is 0.184. The van der Waals surface area contributed by atoms with Crippen molar-refractivity contribution in [2.75, 3.05) is 6.16 Å². The molecule has 1 atom stereocenters. The lowest BCUT2D eigenvalue weighted by molar-refractivity contribution is -0.134. The van der Waals surface area contributed by atoms with Gasteiger partial charge in [0.2, 0.25) is 6.16 Å². The molecule has 3 nitrogen and oxygen atoms in total. The normalized spacial score (nSPS) is 12.6. The van der Waals surface area contributed by atoms with E-state index in [0.29, 0.717) is 0 Å². The van der Waals surface area contributed by atoms with Crippen molar-refractivity contribution in [2.24, 2.45) is 0 Å². The molecule has 0 aliphatic carbocycles. The lowest BCUT2D eigenvalue weighted by Gasteiger charge is -2.19. The number of hydrogen-bond acceptors (Lipinski definition) is 2. The van der Waals surface area contributed by atoms with Gasteiger partial charge in [0.1, 0.15) is 0 Å². The maximum Gasteiger partial charge on any atom is 0.356 e. The Hall–Kier alpha value is -0.430. The molecule has 82 valence electrons. The monoisotopic (exact) mass is 219 g/mol. The van der Waals surface area contributed by atoms with Crippen LogP contribution in [0.25, 0.3) is 0 Å². The van der Waals surface area contributed by atoms with Gasteiger partial charge in [-0.05, 0) is 19.3 Å². The molecule has 0 radical (unpaired) electrons. The largest absolute Gasteiger partial charge is 0.478 e. The number of rotatable bonds is 7. The van der Waals surface area contributed by atoms with Crippen LogP contribution < -0.4 is 0 Å². The van der Waals surface area contributed by atoms with Gasteiger partial charge in [0, 0.05) is 0 Å². The molecule has 0 amide bonds. The highest BCUT2D eigenvalue weighted by molar-refractivity contribution is 7.47. The van der Waals surface area contributed by atoms with E-state index in [-0.39, 0.29) is 11.3 Å². The predicted molar refractivity (Wildman–Crippen MR) is 58.3 cm³/mol. The third-order valence-electron chi connectivity index (χ3n) is 2.84. The second-order valence-electron chi connectivity index (χ2n) is 3.61. The molecule has 1 unspecified atom stereocenters. The Morgan fingerprint density at radius 1 is 1.29 bits per heavy atom. The molecular formula is C10H20O3P+. The van der Waals surface area contributed by atoms with E-state index in [1.807, 2.05) is 20.8 Å². The summed E-state index contributed by atoms with van der Waals surface area (Å²) in [5.41, 5.74) is 0. The van der Waals surface area contributed by atoms with E-state index in [0.717, 1.165) is 25.7 Å². The van der Waals surface area contributed by atoms with E-state index >= 15 is 0 Å². The van der Waals surface area contributed by atoms with E-state index < -0.39 is 13.8 Å². The molecule has 0 aromatic carbocycles. The van der Waals surface area contributed by atoms with Crippen molar-refractivity contribution in [3.63, 3.8) is 0 Å². The molecule has 0 bridgehead atoms. The minimum Gasteiger partial charge on any atom is -0.478 e. The average Bonchev–Trinajstić information content (AvgIpc) is 2.13. The van der Waals surface area contributed by atoms with Crippen molar-refractivity contribution in [1.29, 1.82) is 0 Å². The quantitative estimate of drug-likeness (QED) is 0.668. The van der Waals surface area contributed by atoms with Crippen LogP contribution in [0.15, 0.2) is 0 Å². The maximum absolute atomic E-state index is 11.9. The molecule has 0 saturated heterocycles. The standard InChI is InChI=1S/C10H19O3P/c1-4-7-10(5-2,6-3)14(13)8-9(11)12/h4-8H2,1-3H3/p+1. The maximum atomic E-state index is 11.9. The van der Waals surface area contributed by atoms with Crippen LogP contribution in [0.2, 0.25) is 0 Å². The zero-order chi connectivity index (χ0) is 11.2. The first-order valence-corrected chi connectivity index (χ1v) is 6.63. The molecule has 0 aromatic rings. The second-order valence-corrected chi connectivity index (χ2v) is 5.63. The summed E-state index contributed by atoms with van der Waals surface area (Å²) in [5, 5.41) is 8.38. The Morgan fingerprint density at radius 3 is 2.07 bits per heavy atom. The molecule has 4 heteroatoms. The summed E-state index contributed by atoms with van der Waals surface area (Å²) in [7, 11) is -1.62. The fourth-order valence-corrected chi connectivity index (χ4v) is 3.60. The van der Waals surface area contributed by atoms with Gasteiger partial charge in [-0.25, -0.2) is 4.79 Å². The Balaban J connectivity index is 4.61. The molecule has 0 aromatic heterocycles. The molecular weight excluding hydrogens is 199 g/mol. The van der Waals surface area contributed by atoms with Crippen LogP contribution in [0.1, 0.15) is 46.5 Å². The van der Waals surface area contributed by atoms with Gasteiger partial charge in [0.15, 0.2) is 5.16 Å². The van der Waals surface area contributed by atoms with Gasteiger partial charge in [-0.1, -0.05) is 31.8 Å². The van der Waals surface area contributed by atoms with Crippen LogP contribution in [-0.2, 0) is 9.36 Å². The SMILES string of the molecule is CCCC(CC)(CC)[P+](=O)CC(=O)O. The zero-order valence-electron chi connectivity index (χ0n) is 9.25. The Labute approximate surface area is 86.7 Å². The van der Waals surface area contributed by atoms with Gasteiger partial charge >= 0.3 is 13.8 Å². The van der Waals surface area contributed by atoms with E-state index in [4.69, 9.17) is 5.11 Å². The molecule has 0 saturated carbocycles. The third-order valence-corrected chi connectivity index (χ3v) is 5.31. The van der Waals surface area contributed by atoms with E-state index in [2.05, 4.69) is 0 Å². The van der Waals surface area contributed by atoms with Crippen LogP contribution in [0.5, 0.6) is 0 Å². The number of carbonyl (C=O) groups is 1. The summed E-state index contributed by atoms with van der Waals surface area (Å²) in [6, 6.07) is 0. The van der Waals surface area contributed by atoms with Crippen molar-refractivity contribution < 1.29 is 14.5 Å². The molecule has 0 fully saturated rings. The van der Waals surface area contributed by atoms with Crippen molar-refractivity contribution in [2.45, 2.75) is 51.6 Å². The molecule has 0 aliphatic heterocycles. The van der Waals surface area contributed by atoms with Crippen molar-refractivity contribution in [3.05, 3.63) is 0 Å².